The summed E-state index contributed by atoms with van der Waals surface area (Å²) in [5.41, 5.74) is 1.99. The van der Waals surface area contributed by atoms with Crippen molar-refractivity contribution in [1.29, 1.82) is 0 Å². The predicted octanol–water partition coefficient (Wildman–Crippen LogP) is 5.10. The molecule has 0 aromatic heterocycles. The number of hydrogen-bond acceptors (Lipinski definition) is 1. The van der Waals surface area contributed by atoms with Crippen LogP contribution in [0.3, 0.4) is 0 Å². The first-order valence-electron chi connectivity index (χ1n) is 7.07. The zero-order valence-electron chi connectivity index (χ0n) is 11.5. The number of nitrogens with one attached hydrogen (secondary N) is 1. The van der Waals surface area contributed by atoms with E-state index in [1.54, 1.807) is 6.07 Å². The molecule has 1 heterocycles. The third kappa shape index (κ3) is 3.15. The van der Waals surface area contributed by atoms with E-state index in [-0.39, 0.29) is 17.7 Å². The largest absolute Gasteiger partial charge is 0.316 e. The minimum absolute atomic E-state index is 0.169. The van der Waals surface area contributed by atoms with Gasteiger partial charge in [0, 0.05) is 22.0 Å². The van der Waals surface area contributed by atoms with E-state index in [9.17, 15) is 4.39 Å². The van der Waals surface area contributed by atoms with Crippen LogP contribution in [0.5, 0.6) is 0 Å². The maximum absolute atomic E-state index is 14.3. The monoisotopic (exact) mass is 367 g/mol. The van der Waals surface area contributed by atoms with Gasteiger partial charge in [0.15, 0.2) is 0 Å². The molecule has 0 radical (unpaired) electrons. The maximum Gasteiger partial charge on any atom is 0.128 e. The van der Waals surface area contributed by atoms with Gasteiger partial charge in [-0.1, -0.05) is 51.8 Å². The van der Waals surface area contributed by atoms with E-state index >= 15 is 0 Å². The molecular formula is C17H16BrClFN. The fraction of sp³-hybridized carbons (Fsp3) is 0.294. The van der Waals surface area contributed by atoms with Gasteiger partial charge in [0.05, 0.1) is 0 Å². The molecule has 2 aromatic rings. The van der Waals surface area contributed by atoms with Crippen molar-refractivity contribution in [2.45, 2.75) is 18.3 Å². The highest BCUT2D eigenvalue weighted by atomic mass is 79.9. The molecule has 1 aliphatic rings. The van der Waals surface area contributed by atoms with Crippen molar-refractivity contribution in [3.05, 3.63) is 68.9 Å². The number of hydrogen-bond donors (Lipinski definition) is 1. The maximum atomic E-state index is 14.3. The summed E-state index contributed by atoms with van der Waals surface area (Å²) in [6.45, 7) is 1.77. The predicted molar refractivity (Wildman–Crippen MR) is 88.5 cm³/mol. The lowest BCUT2D eigenvalue weighted by molar-refractivity contribution is 0.392. The Morgan fingerprint density at radius 3 is 2.67 bits per heavy atom. The van der Waals surface area contributed by atoms with Gasteiger partial charge in [-0.25, -0.2) is 4.39 Å². The van der Waals surface area contributed by atoms with Gasteiger partial charge in [-0.2, -0.15) is 0 Å². The number of halogens is 3. The first kappa shape index (κ1) is 15.0. The zero-order valence-corrected chi connectivity index (χ0v) is 13.8. The van der Waals surface area contributed by atoms with Crippen LogP contribution in [0.15, 0.2) is 46.9 Å². The molecule has 2 unspecified atom stereocenters. The van der Waals surface area contributed by atoms with Crippen LogP contribution in [-0.4, -0.2) is 13.1 Å². The van der Waals surface area contributed by atoms with Gasteiger partial charge in [-0.3, -0.25) is 0 Å². The Balaban J connectivity index is 2.00. The molecular weight excluding hydrogens is 353 g/mol. The molecule has 0 spiro atoms. The summed E-state index contributed by atoms with van der Waals surface area (Å²) in [5, 5.41) is 3.87. The number of rotatable bonds is 2. The molecule has 2 atom stereocenters. The van der Waals surface area contributed by atoms with Crippen LogP contribution >= 0.6 is 27.5 Å². The van der Waals surface area contributed by atoms with E-state index in [1.165, 1.54) is 11.6 Å². The Hall–Kier alpha value is -0.900. The fourth-order valence-electron chi connectivity index (χ4n) is 3.14. The van der Waals surface area contributed by atoms with Gasteiger partial charge in [0.25, 0.3) is 0 Å². The summed E-state index contributed by atoms with van der Waals surface area (Å²) in [5.74, 6) is 0.221. The lowest BCUT2D eigenvalue weighted by Gasteiger charge is -2.33. The van der Waals surface area contributed by atoms with Crippen LogP contribution < -0.4 is 5.32 Å². The first-order valence-corrected chi connectivity index (χ1v) is 8.24. The molecule has 0 aliphatic carbocycles. The molecule has 21 heavy (non-hydrogen) atoms. The smallest absolute Gasteiger partial charge is 0.128 e. The quantitative estimate of drug-likeness (QED) is 0.777. The molecule has 0 saturated carbocycles. The Bertz CT molecular complexity index is 646. The molecule has 1 nitrogen and oxygen atoms in total. The summed E-state index contributed by atoms with van der Waals surface area (Å²) in [7, 11) is 0. The van der Waals surface area contributed by atoms with E-state index in [4.69, 9.17) is 11.6 Å². The van der Waals surface area contributed by atoms with Gasteiger partial charge in [0.2, 0.25) is 0 Å². The highest BCUT2D eigenvalue weighted by molar-refractivity contribution is 9.10. The van der Waals surface area contributed by atoms with Crippen molar-refractivity contribution < 1.29 is 4.39 Å². The summed E-state index contributed by atoms with van der Waals surface area (Å²) in [4.78, 5) is 0. The van der Waals surface area contributed by atoms with Crippen LogP contribution in [0.25, 0.3) is 0 Å². The molecule has 3 rings (SSSR count). The van der Waals surface area contributed by atoms with Crippen LogP contribution in [-0.2, 0) is 0 Å². The molecule has 0 amide bonds. The van der Waals surface area contributed by atoms with Crippen molar-refractivity contribution in [3.63, 3.8) is 0 Å². The fourth-order valence-corrected chi connectivity index (χ4v) is 3.87. The van der Waals surface area contributed by atoms with Crippen LogP contribution in [0, 0.1) is 5.82 Å². The van der Waals surface area contributed by atoms with Crippen molar-refractivity contribution in [1.82, 2.24) is 5.32 Å². The molecule has 2 aromatic carbocycles. The molecule has 1 saturated heterocycles. The highest BCUT2D eigenvalue weighted by Gasteiger charge is 2.30. The topological polar surface area (TPSA) is 12.0 Å². The summed E-state index contributed by atoms with van der Waals surface area (Å²) >= 11 is 9.49. The second-order valence-corrected chi connectivity index (χ2v) is 6.68. The molecule has 1 fully saturated rings. The molecule has 110 valence electrons. The lowest BCUT2D eigenvalue weighted by Crippen LogP contribution is -2.34. The number of benzene rings is 2. The van der Waals surface area contributed by atoms with Crippen molar-refractivity contribution in [2.24, 2.45) is 0 Å². The van der Waals surface area contributed by atoms with Crippen molar-refractivity contribution in [2.75, 3.05) is 13.1 Å². The summed E-state index contributed by atoms with van der Waals surface area (Å²) < 4.78 is 15.4. The van der Waals surface area contributed by atoms with Gasteiger partial charge in [0.1, 0.15) is 5.82 Å². The lowest BCUT2D eigenvalue weighted by atomic mass is 9.77. The van der Waals surface area contributed by atoms with Gasteiger partial charge >= 0.3 is 0 Å². The second-order valence-electron chi connectivity index (χ2n) is 5.39. The minimum atomic E-state index is -0.202. The van der Waals surface area contributed by atoms with E-state index < -0.39 is 0 Å². The average Bonchev–Trinajstić information content (AvgIpc) is 2.48. The third-order valence-electron chi connectivity index (χ3n) is 4.15. The first-order chi connectivity index (χ1) is 10.2. The van der Waals surface area contributed by atoms with Gasteiger partial charge in [-0.15, -0.1) is 0 Å². The van der Waals surface area contributed by atoms with E-state index in [1.807, 2.05) is 24.3 Å². The summed E-state index contributed by atoms with van der Waals surface area (Å²) in [6.07, 6.45) is 0.921. The normalized spacial score (nSPS) is 22.2. The van der Waals surface area contributed by atoms with E-state index in [2.05, 4.69) is 27.3 Å². The van der Waals surface area contributed by atoms with Crippen LogP contribution in [0.4, 0.5) is 4.39 Å². The third-order valence-corrected chi connectivity index (χ3v) is 5.11. The Labute approximate surface area is 137 Å². The van der Waals surface area contributed by atoms with E-state index in [0.717, 1.165) is 29.5 Å². The SMILES string of the molecule is Fc1cc(Cl)ccc1C1CCNCC1c1ccccc1Br. The van der Waals surface area contributed by atoms with E-state index in [0.29, 0.717) is 5.02 Å². The minimum Gasteiger partial charge on any atom is -0.316 e. The molecule has 0 bridgehead atoms. The Kier molecular flexibility index (Phi) is 4.63. The summed E-state index contributed by atoms with van der Waals surface area (Å²) in [6, 6.07) is 13.2. The second kappa shape index (κ2) is 6.47. The Morgan fingerprint density at radius 1 is 1.10 bits per heavy atom. The highest BCUT2D eigenvalue weighted by Crippen LogP contribution is 2.41. The average molecular weight is 369 g/mol. The molecule has 1 aliphatic heterocycles. The van der Waals surface area contributed by atoms with Crippen molar-refractivity contribution in [3.8, 4) is 0 Å². The standard InChI is InChI=1S/C17H16BrClFN/c18-16-4-2-1-3-13(16)15-10-21-8-7-12(15)14-6-5-11(19)9-17(14)20/h1-6,9,12,15,21H,7-8,10H2. The zero-order chi connectivity index (χ0) is 14.8. The van der Waals surface area contributed by atoms with Crippen LogP contribution in [0.1, 0.15) is 29.4 Å². The van der Waals surface area contributed by atoms with Gasteiger partial charge < -0.3 is 5.32 Å². The van der Waals surface area contributed by atoms with Gasteiger partial charge in [-0.05, 0) is 48.2 Å². The molecule has 4 heteroatoms. The molecule has 1 N–H and O–H groups in total. The Morgan fingerprint density at radius 2 is 1.90 bits per heavy atom. The van der Waals surface area contributed by atoms with Crippen molar-refractivity contribution >= 4 is 27.5 Å². The van der Waals surface area contributed by atoms with Crippen LogP contribution in [0.2, 0.25) is 5.02 Å². The number of piperidine rings is 1.